The fourth-order valence-electron chi connectivity index (χ4n) is 3.01. The van der Waals surface area contributed by atoms with Crippen molar-refractivity contribution in [2.45, 2.75) is 37.9 Å². The fraction of sp³-hybridized carbons (Fsp3) is 0.500. The zero-order valence-electron chi connectivity index (χ0n) is 10.2. The van der Waals surface area contributed by atoms with E-state index in [4.69, 9.17) is 4.74 Å². The van der Waals surface area contributed by atoms with Gasteiger partial charge in [0.2, 0.25) is 0 Å². The van der Waals surface area contributed by atoms with Gasteiger partial charge >= 0.3 is 0 Å². The van der Waals surface area contributed by atoms with Crippen LogP contribution < -0.4 is 0 Å². The second-order valence-electron chi connectivity index (χ2n) is 5.24. The zero-order valence-corrected chi connectivity index (χ0v) is 10.2. The largest absolute Gasteiger partial charge is 0.375 e. The van der Waals surface area contributed by atoms with Crippen LogP contribution in [0.15, 0.2) is 12.1 Å². The molecule has 1 aromatic rings. The summed E-state index contributed by atoms with van der Waals surface area (Å²) in [5.41, 5.74) is -0.0947. The van der Waals surface area contributed by atoms with Gasteiger partial charge in [-0.2, -0.15) is 0 Å². The third-order valence-corrected chi connectivity index (χ3v) is 3.93. The predicted octanol–water partition coefficient (Wildman–Crippen LogP) is 3.24. The molecule has 0 radical (unpaired) electrons. The number of carbonyl (C=O) groups is 1. The summed E-state index contributed by atoms with van der Waals surface area (Å²) in [5.74, 6) is -4.78. The van der Waals surface area contributed by atoms with Crippen molar-refractivity contribution in [1.29, 1.82) is 0 Å². The number of carbonyl (C=O) groups excluding carboxylic acids is 1. The number of Topliss-reactive ketones (excluding diaryl/α,β-unsaturated/α-hetero) is 1. The summed E-state index contributed by atoms with van der Waals surface area (Å²) in [6, 6.07) is 1.55. The number of benzene rings is 1. The van der Waals surface area contributed by atoms with Gasteiger partial charge in [-0.25, -0.2) is 13.2 Å². The molecule has 1 aromatic carbocycles. The summed E-state index contributed by atoms with van der Waals surface area (Å²) in [4.78, 5) is 12.2. The SMILES string of the molecule is O=C(c1cc(F)c(F)c(F)c1)C1CC2CCC(C1)O2. The van der Waals surface area contributed by atoms with Crippen LogP contribution in [0.2, 0.25) is 0 Å². The van der Waals surface area contributed by atoms with Crippen LogP contribution in [0.5, 0.6) is 0 Å². The molecular formula is C14H13F3O2. The van der Waals surface area contributed by atoms with E-state index in [1.165, 1.54) is 0 Å². The second kappa shape index (κ2) is 4.63. The molecule has 0 aromatic heterocycles. The number of fused-ring (bicyclic) bond motifs is 2. The molecule has 5 heteroatoms. The average Bonchev–Trinajstić information content (AvgIpc) is 2.73. The van der Waals surface area contributed by atoms with Gasteiger partial charge in [0, 0.05) is 11.5 Å². The summed E-state index contributed by atoms with van der Waals surface area (Å²) >= 11 is 0. The van der Waals surface area contributed by atoms with Crippen LogP contribution in [-0.2, 0) is 4.74 Å². The monoisotopic (exact) mass is 270 g/mol. The van der Waals surface area contributed by atoms with E-state index in [1.807, 2.05) is 0 Å². The van der Waals surface area contributed by atoms with Crippen molar-refractivity contribution in [3.63, 3.8) is 0 Å². The van der Waals surface area contributed by atoms with Gasteiger partial charge in [0.1, 0.15) is 0 Å². The van der Waals surface area contributed by atoms with E-state index in [0.717, 1.165) is 25.0 Å². The van der Waals surface area contributed by atoms with Gasteiger partial charge in [0.15, 0.2) is 23.2 Å². The molecule has 2 nitrogen and oxygen atoms in total. The number of ether oxygens (including phenoxy) is 1. The summed E-state index contributed by atoms with van der Waals surface area (Å²) in [7, 11) is 0. The Hall–Kier alpha value is -1.36. The first-order valence-corrected chi connectivity index (χ1v) is 6.39. The summed E-state index contributed by atoms with van der Waals surface area (Å²) in [6.07, 6.45) is 3.17. The van der Waals surface area contributed by atoms with Crippen molar-refractivity contribution in [3.8, 4) is 0 Å². The van der Waals surface area contributed by atoms with Crippen molar-refractivity contribution in [2.75, 3.05) is 0 Å². The van der Waals surface area contributed by atoms with Crippen LogP contribution >= 0.6 is 0 Å². The van der Waals surface area contributed by atoms with Crippen molar-refractivity contribution < 1.29 is 22.7 Å². The Morgan fingerprint density at radius 3 is 2.11 bits per heavy atom. The first kappa shape index (κ1) is 12.7. The highest BCUT2D eigenvalue weighted by molar-refractivity contribution is 5.98. The van der Waals surface area contributed by atoms with E-state index in [9.17, 15) is 18.0 Å². The molecule has 2 saturated heterocycles. The Kier molecular flexibility index (Phi) is 3.09. The minimum Gasteiger partial charge on any atom is -0.375 e. The standard InChI is InChI=1S/C14H13F3O2/c15-11-5-8(6-12(16)13(11)17)14(18)7-3-9-1-2-10(4-7)19-9/h5-7,9-10H,1-4H2. The van der Waals surface area contributed by atoms with Crippen LogP contribution in [0.4, 0.5) is 13.2 Å². The van der Waals surface area contributed by atoms with E-state index >= 15 is 0 Å². The smallest absolute Gasteiger partial charge is 0.194 e. The van der Waals surface area contributed by atoms with Gasteiger partial charge in [-0.05, 0) is 37.8 Å². The van der Waals surface area contributed by atoms with Crippen molar-refractivity contribution >= 4 is 5.78 Å². The molecule has 19 heavy (non-hydrogen) atoms. The fourth-order valence-corrected chi connectivity index (χ4v) is 3.01. The second-order valence-corrected chi connectivity index (χ2v) is 5.24. The molecule has 2 aliphatic heterocycles. The van der Waals surface area contributed by atoms with E-state index in [1.54, 1.807) is 0 Å². The number of halogens is 3. The highest BCUT2D eigenvalue weighted by atomic mass is 19.2. The molecule has 0 saturated carbocycles. The maximum absolute atomic E-state index is 13.1. The highest BCUT2D eigenvalue weighted by Crippen LogP contribution is 2.37. The van der Waals surface area contributed by atoms with Gasteiger partial charge in [-0.15, -0.1) is 0 Å². The highest BCUT2D eigenvalue weighted by Gasteiger charge is 2.38. The topological polar surface area (TPSA) is 26.3 Å². The number of rotatable bonds is 2. The molecule has 2 aliphatic rings. The lowest BCUT2D eigenvalue weighted by molar-refractivity contribution is -0.0149. The zero-order chi connectivity index (χ0) is 13.6. The molecule has 0 N–H and O–H groups in total. The van der Waals surface area contributed by atoms with E-state index in [2.05, 4.69) is 0 Å². The van der Waals surface area contributed by atoms with Crippen molar-refractivity contribution in [3.05, 3.63) is 35.1 Å². The van der Waals surface area contributed by atoms with Gasteiger partial charge in [-0.3, -0.25) is 4.79 Å². The number of ketones is 1. The normalized spacial score (nSPS) is 29.5. The summed E-state index contributed by atoms with van der Waals surface area (Å²) < 4.78 is 44.8. The average molecular weight is 270 g/mol. The summed E-state index contributed by atoms with van der Waals surface area (Å²) in [6.45, 7) is 0. The van der Waals surface area contributed by atoms with Crippen LogP contribution in [0, 0.1) is 23.4 Å². The molecular weight excluding hydrogens is 257 g/mol. The van der Waals surface area contributed by atoms with E-state index in [-0.39, 0.29) is 29.5 Å². The Bertz CT molecular complexity index is 494. The maximum Gasteiger partial charge on any atom is 0.194 e. The van der Waals surface area contributed by atoms with Gasteiger partial charge in [0.25, 0.3) is 0 Å². The molecule has 2 unspecified atom stereocenters. The molecule has 2 fully saturated rings. The number of hydrogen-bond donors (Lipinski definition) is 0. The lowest BCUT2D eigenvalue weighted by Crippen LogP contribution is -2.30. The molecule has 2 bridgehead atoms. The van der Waals surface area contributed by atoms with E-state index < -0.39 is 17.5 Å². The van der Waals surface area contributed by atoms with Crippen molar-refractivity contribution in [2.24, 2.45) is 5.92 Å². The molecule has 0 spiro atoms. The molecule has 0 aliphatic carbocycles. The Balaban J connectivity index is 1.84. The third-order valence-electron chi connectivity index (χ3n) is 3.93. The molecule has 102 valence electrons. The predicted molar refractivity (Wildman–Crippen MR) is 61.3 cm³/mol. The Morgan fingerprint density at radius 1 is 1.05 bits per heavy atom. The lowest BCUT2D eigenvalue weighted by Gasteiger charge is -2.27. The van der Waals surface area contributed by atoms with Crippen LogP contribution in [0.3, 0.4) is 0 Å². The number of hydrogen-bond acceptors (Lipinski definition) is 2. The first-order chi connectivity index (χ1) is 9.04. The van der Waals surface area contributed by atoms with Crippen LogP contribution in [-0.4, -0.2) is 18.0 Å². The first-order valence-electron chi connectivity index (χ1n) is 6.39. The maximum atomic E-state index is 13.1. The van der Waals surface area contributed by atoms with Crippen LogP contribution in [0.25, 0.3) is 0 Å². The molecule has 3 rings (SSSR count). The Morgan fingerprint density at radius 2 is 1.58 bits per heavy atom. The Labute approximate surface area is 108 Å². The van der Waals surface area contributed by atoms with E-state index in [0.29, 0.717) is 12.8 Å². The molecule has 2 atom stereocenters. The molecule has 0 amide bonds. The minimum absolute atomic E-state index is 0.0721. The van der Waals surface area contributed by atoms with Gasteiger partial charge in [0.05, 0.1) is 12.2 Å². The van der Waals surface area contributed by atoms with Crippen molar-refractivity contribution in [1.82, 2.24) is 0 Å². The molecule has 2 heterocycles. The third kappa shape index (κ3) is 2.27. The van der Waals surface area contributed by atoms with Crippen LogP contribution in [0.1, 0.15) is 36.0 Å². The minimum atomic E-state index is -1.54. The van der Waals surface area contributed by atoms with Gasteiger partial charge < -0.3 is 4.74 Å². The van der Waals surface area contributed by atoms with Gasteiger partial charge in [-0.1, -0.05) is 0 Å². The summed E-state index contributed by atoms with van der Waals surface area (Å²) in [5, 5.41) is 0. The quantitative estimate of drug-likeness (QED) is 0.609. The lowest BCUT2D eigenvalue weighted by atomic mass is 9.88.